The molecule has 0 spiro atoms. The van der Waals surface area contributed by atoms with Crippen LogP contribution in [0, 0.1) is 5.41 Å². The maximum Gasteiger partial charge on any atom is 0.240 e. The van der Waals surface area contributed by atoms with Gasteiger partial charge in [0.1, 0.15) is 6.26 Å². The molecule has 0 atom stereocenters. The highest BCUT2D eigenvalue weighted by molar-refractivity contribution is 7.80. The molecule has 4 nitrogen and oxygen atoms in total. The molecule has 0 N–H and O–H groups in total. The third-order valence-electron chi connectivity index (χ3n) is 2.78. The molecule has 1 saturated heterocycles. The summed E-state index contributed by atoms with van der Waals surface area (Å²) >= 11 is 5.19. The van der Waals surface area contributed by atoms with Gasteiger partial charge in [-0.3, -0.25) is 9.69 Å². The summed E-state index contributed by atoms with van der Waals surface area (Å²) in [5.41, 5.74) is 0.184. The van der Waals surface area contributed by atoms with E-state index in [9.17, 15) is 4.79 Å². The summed E-state index contributed by atoms with van der Waals surface area (Å²) < 4.78 is 5.28. The molecule has 0 bridgehead atoms. The monoisotopic (exact) mass is 242 g/mol. The van der Waals surface area contributed by atoms with Crippen LogP contribution < -0.4 is 0 Å². The zero-order chi connectivity index (χ0) is 12.5. The van der Waals surface area contributed by atoms with E-state index in [4.69, 9.17) is 17.0 Å². The number of ether oxygens (including phenoxy) is 1. The SMILES string of the molecule is CCO/C=C1/N(C)C(=S)N(C)C(=O)C1(C)C. The maximum absolute atomic E-state index is 12.1. The predicted molar refractivity (Wildman–Crippen MR) is 66.6 cm³/mol. The van der Waals surface area contributed by atoms with E-state index in [0.29, 0.717) is 11.7 Å². The van der Waals surface area contributed by atoms with Gasteiger partial charge in [0.05, 0.1) is 17.7 Å². The van der Waals surface area contributed by atoms with Crippen LogP contribution in [0.25, 0.3) is 0 Å². The summed E-state index contributed by atoms with van der Waals surface area (Å²) in [6, 6.07) is 0. The quantitative estimate of drug-likeness (QED) is 0.544. The fraction of sp³-hybridized carbons (Fsp3) is 0.636. The third kappa shape index (κ3) is 1.91. The van der Waals surface area contributed by atoms with Crippen molar-refractivity contribution in [1.82, 2.24) is 9.80 Å². The normalized spacial score (nSPS) is 22.9. The summed E-state index contributed by atoms with van der Waals surface area (Å²) in [6.07, 6.45) is 1.62. The van der Waals surface area contributed by atoms with Gasteiger partial charge in [-0.1, -0.05) is 0 Å². The minimum atomic E-state index is -0.610. The second kappa shape index (κ2) is 4.41. The lowest BCUT2D eigenvalue weighted by molar-refractivity contribution is -0.135. The smallest absolute Gasteiger partial charge is 0.240 e. The van der Waals surface area contributed by atoms with Crippen molar-refractivity contribution in [3.8, 4) is 0 Å². The lowest BCUT2D eigenvalue weighted by Crippen LogP contribution is -2.55. The molecule has 90 valence electrons. The highest BCUT2D eigenvalue weighted by atomic mass is 32.1. The van der Waals surface area contributed by atoms with Gasteiger partial charge in [-0.05, 0) is 33.0 Å². The van der Waals surface area contributed by atoms with E-state index >= 15 is 0 Å². The van der Waals surface area contributed by atoms with Crippen LogP contribution in [-0.4, -0.2) is 41.5 Å². The van der Waals surface area contributed by atoms with Gasteiger partial charge < -0.3 is 9.64 Å². The van der Waals surface area contributed by atoms with Gasteiger partial charge in [0.25, 0.3) is 0 Å². The molecule has 0 aliphatic carbocycles. The van der Waals surface area contributed by atoms with Crippen LogP contribution in [0.4, 0.5) is 0 Å². The molecule has 1 aliphatic rings. The van der Waals surface area contributed by atoms with Gasteiger partial charge in [-0.15, -0.1) is 0 Å². The molecule has 0 unspecified atom stereocenters. The zero-order valence-electron chi connectivity index (χ0n) is 10.4. The summed E-state index contributed by atoms with van der Waals surface area (Å²) in [5, 5.41) is 0.496. The number of thiocarbonyl (C=S) groups is 1. The van der Waals surface area contributed by atoms with E-state index in [1.54, 1.807) is 13.3 Å². The van der Waals surface area contributed by atoms with E-state index in [0.717, 1.165) is 5.70 Å². The number of hydrogen-bond acceptors (Lipinski definition) is 3. The Hall–Kier alpha value is -1.10. The Bertz CT molecular complexity index is 350. The topological polar surface area (TPSA) is 32.8 Å². The molecule has 16 heavy (non-hydrogen) atoms. The summed E-state index contributed by atoms with van der Waals surface area (Å²) in [5.74, 6) is -0.0125. The van der Waals surface area contributed by atoms with Crippen molar-refractivity contribution >= 4 is 23.2 Å². The molecule has 0 aromatic rings. The molecule has 5 heteroatoms. The number of nitrogens with zero attached hydrogens (tertiary/aromatic N) is 2. The minimum absolute atomic E-state index is 0.0125. The first kappa shape index (κ1) is 13.0. The fourth-order valence-electron chi connectivity index (χ4n) is 1.75. The van der Waals surface area contributed by atoms with Crippen molar-refractivity contribution < 1.29 is 9.53 Å². The van der Waals surface area contributed by atoms with Gasteiger partial charge in [0, 0.05) is 14.1 Å². The first-order chi connectivity index (χ1) is 7.34. The highest BCUT2D eigenvalue weighted by Crippen LogP contribution is 2.35. The van der Waals surface area contributed by atoms with Gasteiger partial charge in [0.2, 0.25) is 5.91 Å². The lowest BCUT2D eigenvalue weighted by atomic mass is 9.85. The third-order valence-corrected chi connectivity index (χ3v) is 3.32. The van der Waals surface area contributed by atoms with Crippen LogP contribution in [0.3, 0.4) is 0 Å². The van der Waals surface area contributed by atoms with Crippen LogP contribution in [-0.2, 0) is 9.53 Å². The van der Waals surface area contributed by atoms with E-state index < -0.39 is 5.41 Å². The molecular weight excluding hydrogens is 224 g/mol. The largest absolute Gasteiger partial charge is 0.500 e. The van der Waals surface area contributed by atoms with Crippen molar-refractivity contribution in [2.24, 2.45) is 5.41 Å². The van der Waals surface area contributed by atoms with Crippen LogP contribution in [0.5, 0.6) is 0 Å². The average molecular weight is 242 g/mol. The van der Waals surface area contributed by atoms with E-state index in [-0.39, 0.29) is 5.91 Å². The maximum atomic E-state index is 12.1. The highest BCUT2D eigenvalue weighted by Gasteiger charge is 2.44. The standard InChI is InChI=1S/C11H18N2O2S/c1-6-15-7-8-11(2,3)9(14)13(5)10(16)12(8)4/h7H,6H2,1-5H3/b8-7+. The summed E-state index contributed by atoms with van der Waals surface area (Å²) in [7, 11) is 3.54. The number of hydrogen-bond donors (Lipinski definition) is 0. The zero-order valence-corrected chi connectivity index (χ0v) is 11.2. The van der Waals surface area contributed by atoms with Gasteiger partial charge >= 0.3 is 0 Å². The van der Waals surface area contributed by atoms with Gasteiger partial charge in [-0.2, -0.15) is 0 Å². The Labute approximate surface area is 102 Å². The van der Waals surface area contributed by atoms with E-state index in [1.807, 2.05) is 32.7 Å². The Balaban J connectivity index is 3.15. The molecular formula is C11H18N2O2S. The van der Waals surface area contributed by atoms with Crippen molar-refractivity contribution in [1.29, 1.82) is 0 Å². The molecule has 0 aromatic carbocycles. The Morgan fingerprint density at radius 1 is 1.38 bits per heavy atom. The minimum Gasteiger partial charge on any atom is -0.500 e. The van der Waals surface area contributed by atoms with E-state index in [2.05, 4.69) is 0 Å². The Kier molecular flexibility index (Phi) is 3.57. The summed E-state index contributed by atoms with van der Waals surface area (Å²) in [4.78, 5) is 15.4. The molecule has 1 heterocycles. The van der Waals surface area contributed by atoms with Crippen LogP contribution >= 0.6 is 12.2 Å². The molecule has 0 saturated carbocycles. The van der Waals surface area contributed by atoms with Crippen LogP contribution in [0.15, 0.2) is 12.0 Å². The number of carbonyl (C=O) groups is 1. The Morgan fingerprint density at radius 3 is 2.44 bits per heavy atom. The number of amides is 1. The number of carbonyl (C=O) groups excluding carboxylic acids is 1. The van der Waals surface area contributed by atoms with Crippen molar-refractivity contribution in [2.75, 3.05) is 20.7 Å². The molecule has 1 rings (SSSR count). The molecule has 0 aromatic heterocycles. The molecule has 0 radical (unpaired) electrons. The first-order valence-electron chi connectivity index (χ1n) is 5.22. The Morgan fingerprint density at radius 2 is 1.94 bits per heavy atom. The average Bonchev–Trinajstić information content (AvgIpc) is 2.24. The van der Waals surface area contributed by atoms with Crippen LogP contribution in [0.2, 0.25) is 0 Å². The van der Waals surface area contributed by atoms with Crippen molar-refractivity contribution in [3.05, 3.63) is 12.0 Å². The molecule has 1 aliphatic heterocycles. The first-order valence-corrected chi connectivity index (χ1v) is 5.63. The van der Waals surface area contributed by atoms with Gasteiger partial charge in [-0.25, -0.2) is 0 Å². The molecule has 1 fully saturated rings. The van der Waals surface area contributed by atoms with Crippen molar-refractivity contribution in [2.45, 2.75) is 20.8 Å². The predicted octanol–water partition coefficient (Wildman–Crippen LogP) is 1.58. The summed E-state index contributed by atoms with van der Waals surface area (Å²) in [6.45, 7) is 6.22. The lowest BCUT2D eigenvalue weighted by Gasteiger charge is -2.43. The fourth-order valence-corrected chi connectivity index (χ4v) is 1.93. The molecule has 1 amide bonds. The second-order valence-electron chi connectivity index (χ2n) is 4.29. The van der Waals surface area contributed by atoms with Crippen LogP contribution in [0.1, 0.15) is 20.8 Å². The van der Waals surface area contributed by atoms with Crippen molar-refractivity contribution in [3.63, 3.8) is 0 Å². The second-order valence-corrected chi connectivity index (χ2v) is 4.65. The van der Waals surface area contributed by atoms with Gasteiger partial charge in [0.15, 0.2) is 5.11 Å². The van der Waals surface area contributed by atoms with E-state index in [1.165, 1.54) is 4.90 Å². The number of rotatable bonds is 2.